The molecule has 14 nitrogen and oxygen atoms in total. The number of hydrazine groups is 2. The van der Waals surface area contributed by atoms with Crippen LogP contribution in [0.1, 0.15) is 221 Å². The topological polar surface area (TPSA) is 147 Å². The Balaban J connectivity index is 0.000000138. The maximum atomic E-state index is 13.5. The van der Waals surface area contributed by atoms with E-state index in [0.29, 0.717) is 55.7 Å². The highest BCUT2D eigenvalue weighted by molar-refractivity contribution is 6.36. The largest absolute Gasteiger partial charge is 0.348 e. The third-order valence-corrected chi connectivity index (χ3v) is 23.0. The lowest BCUT2D eigenvalue weighted by atomic mass is 9.90. The zero-order chi connectivity index (χ0) is 71.5. The first kappa shape index (κ1) is 74.9. The van der Waals surface area contributed by atoms with Crippen molar-refractivity contribution in [3.05, 3.63) is 247 Å². The molecule has 3 aromatic heterocycles. The van der Waals surface area contributed by atoms with E-state index in [4.69, 9.17) is 108 Å². The van der Waals surface area contributed by atoms with Crippen LogP contribution in [0.4, 0.5) is 0 Å². The maximum Gasteiger partial charge on any atom is 0.286 e. The van der Waals surface area contributed by atoms with E-state index in [1.165, 1.54) is 41.6 Å². The van der Waals surface area contributed by atoms with E-state index >= 15 is 0 Å². The maximum absolute atomic E-state index is 13.5. The molecule has 3 N–H and O–H groups in total. The van der Waals surface area contributed by atoms with Crippen LogP contribution in [0, 0.1) is 0 Å². The minimum atomic E-state index is -0.143. The van der Waals surface area contributed by atoms with E-state index in [9.17, 15) is 14.4 Å². The molecule has 22 heteroatoms. The monoisotopic (exact) mass is 1540 g/mol. The summed E-state index contributed by atoms with van der Waals surface area (Å²) in [5, 5.41) is 27.1. The van der Waals surface area contributed by atoms with Gasteiger partial charge in [-0.3, -0.25) is 29.9 Å². The van der Waals surface area contributed by atoms with E-state index in [2.05, 4.69) is 51.2 Å². The molecule has 6 aromatic carbocycles. The Morgan fingerprint density at radius 2 is 0.767 bits per heavy atom. The summed E-state index contributed by atoms with van der Waals surface area (Å²) in [5.74, 6) is 0.376. The standard InChI is InChI=1S/2C27H29Cl3N4O.C27H29Cl2N3O/c28-20-9-6-7-18(16-20)15-19-8-2-3-10-22-25(27(35)32-33-13-4-1-5-14-33)31-34(26(19)22)24-12-11-21(29)17-23(24)30;28-20-10-8-18(9-11-20)16-19-6-2-3-7-22-25(27(35)32-33-14-4-1-5-15-33)31-34(26(19)22)24-13-12-21(29)17-23(24)30;28-21-13-11-18(12-14-21)17-32-26-20(15-19-5-3-7-22(29)16-19)6-1-2-10-24(26)25(31-32)27(33)30-23-8-4-9-23/h6-7,9,11-12,16-17,19H,1-5,8,10,13-15H2,(H,32,35);8-13,17,19H,1-7,14-16H2,(H,32,35);3,5,7,11-14,16,20,23H,1-2,4,6,8-10,15,17H2,(H,30,33). The highest BCUT2D eigenvalue weighted by atomic mass is 35.5. The van der Waals surface area contributed by atoms with E-state index in [1.54, 1.807) is 12.1 Å². The first-order valence-corrected chi connectivity index (χ1v) is 39.7. The molecular formula is C81H87Cl8N11O3. The van der Waals surface area contributed by atoms with Gasteiger partial charge in [-0.2, -0.15) is 15.3 Å². The second-order valence-corrected chi connectivity index (χ2v) is 31.8. The summed E-state index contributed by atoms with van der Waals surface area (Å²) in [4.78, 5) is 40.2. The van der Waals surface area contributed by atoms with Crippen LogP contribution >= 0.6 is 92.8 Å². The third kappa shape index (κ3) is 18.9. The summed E-state index contributed by atoms with van der Waals surface area (Å²) in [7, 11) is 0. The first-order valence-electron chi connectivity index (χ1n) is 36.7. The molecule has 2 aliphatic heterocycles. The van der Waals surface area contributed by atoms with Crippen molar-refractivity contribution in [2.45, 2.75) is 184 Å². The summed E-state index contributed by atoms with van der Waals surface area (Å²) in [6.07, 6.45) is 24.7. The molecule has 15 rings (SSSR count). The van der Waals surface area contributed by atoms with Crippen molar-refractivity contribution in [3.8, 4) is 11.4 Å². The van der Waals surface area contributed by atoms with Gasteiger partial charge in [0, 0.05) is 102 Å². The van der Waals surface area contributed by atoms with Crippen LogP contribution in [0.2, 0.25) is 40.2 Å². The Hall–Kier alpha value is -6.40. The number of halogens is 8. The smallest absolute Gasteiger partial charge is 0.286 e. The lowest BCUT2D eigenvalue weighted by Crippen LogP contribution is -2.45. The zero-order valence-corrected chi connectivity index (χ0v) is 63.9. The molecule has 103 heavy (non-hydrogen) atoms. The second kappa shape index (κ2) is 35.3. The molecule has 0 bridgehead atoms. The number of rotatable bonds is 16. The zero-order valence-electron chi connectivity index (χ0n) is 57.8. The molecule has 3 amide bonds. The summed E-state index contributed by atoms with van der Waals surface area (Å²) in [6, 6.07) is 43.2. The number of hydrogen-bond donors (Lipinski definition) is 3. The highest BCUT2D eigenvalue weighted by Crippen LogP contribution is 2.42. The molecule has 3 fully saturated rings. The van der Waals surface area contributed by atoms with Gasteiger partial charge in [0.05, 0.1) is 39.4 Å². The van der Waals surface area contributed by atoms with Crippen LogP contribution in [0.5, 0.6) is 0 Å². The predicted molar refractivity (Wildman–Crippen MR) is 417 cm³/mol. The Morgan fingerprint density at radius 1 is 0.369 bits per heavy atom. The third-order valence-electron chi connectivity index (χ3n) is 21.0. The van der Waals surface area contributed by atoms with Crippen LogP contribution in [-0.4, -0.2) is 89.3 Å². The number of nitrogens with zero attached hydrogens (tertiary/aromatic N) is 8. The minimum absolute atomic E-state index is 0.0192. The Bertz CT molecular complexity index is 4440. The van der Waals surface area contributed by atoms with Crippen molar-refractivity contribution >= 4 is 111 Å². The molecule has 3 atom stereocenters. The van der Waals surface area contributed by atoms with Gasteiger partial charge in [0.1, 0.15) is 0 Å². The molecule has 540 valence electrons. The van der Waals surface area contributed by atoms with Crippen molar-refractivity contribution in [1.29, 1.82) is 0 Å². The summed E-state index contributed by atoms with van der Waals surface area (Å²) >= 11 is 50.5. The Morgan fingerprint density at radius 3 is 1.19 bits per heavy atom. The van der Waals surface area contributed by atoms with Crippen LogP contribution in [0.25, 0.3) is 11.4 Å². The molecule has 9 aromatic rings. The number of benzene rings is 6. The number of carbonyl (C=O) groups excluding carboxylic acids is 3. The first-order chi connectivity index (χ1) is 50.0. The van der Waals surface area contributed by atoms with Gasteiger partial charge >= 0.3 is 0 Å². The molecule has 3 unspecified atom stereocenters. The number of piperidine rings is 2. The fraction of sp³-hybridized carbons (Fsp3) is 0.407. The second-order valence-electron chi connectivity index (χ2n) is 28.3. The molecule has 4 aliphatic carbocycles. The molecule has 0 radical (unpaired) electrons. The lowest BCUT2D eigenvalue weighted by Gasteiger charge is -2.26. The fourth-order valence-electron chi connectivity index (χ4n) is 15.7. The number of nitrogens with one attached hydrogen (secondary N) is 3. The van der Waals surface area contributed by atoms with Crippen LogP contribution in [0.15, 0.2) is 133 Å². The Labute approximate surface area is 644 Å². The van der Waals surface area contributed by atoms with Gasteiger partial charge in [-0.1, -0.05) is 173 Å². The number of amides is 3. The average molecular weight is 1550 g/mol. The van der Waals surface area contributed by atoms with Crippen molar-refractivity contribution in [2.75, 3.05) is 26.2 Å². The van der Waals surface area contributed by atoms with Crippen molar-refractivity contribution < 1.29 is 14.4 Å². The lowest BCUT2D eigenvalue weighted by molar-refractivity contribution is 0.0736. The average Bonchev–Trinajstić information content (AvgIpc) is 1.63. The fourth-order valence-corrected chi connectivity index (χ4v) is 17.3. The van der Waals surface area contributed by atoms with Gasteiger partial charge in [-0.05, 0) is 229 Å². The number of aromatic nitrogens is 6. The number of carbonyl (C=O) groups is 3. The summed E-state index contributed by atoms with van der Waals surface area (Å²) < 4.78 is 5.86. The van der Waals surface area contributed by atoms with Crippen molar-refractivity contribution in [3.63, 3.8) is 0 Å². The normalized spacial score (nSPS) is 18.5. The van der Waals surface area contributed by atoms with Crippen molar-refractivity contribution in [2.24, 2.45) is 0 Å². The van der Waals surface area contributed by atoms with Gasteiger partial charge in [-0.15, -0.1) is 0 Å². The molecular weight excluding hydrogens is 1460 g/mol. The van der Waals surface area contributed by atoms with Gasteiger partial charge < -0.3 is 5.32 Å². The Kier molecular flexibility index (Phi) is 25.7. The van der Waals surface area contributed by atoms with E-state index in [1.807, 2.05) is 110 Å². The molecule has 5 heterocycles. The van der Waals surface area contributed by atoms with Gasteiger partial charge in [-0.25, -0.2) is 19.4 Å². The van der Waals surface area contributed by atoms with Gasteiger partial charge in [0.2, 0.25) is 0 Å². The molecule has 2 saturated heterocycles. The number of hydrogen-bond acceptors (Lipinski definition) is 8. The minimum Gasteiger partial charge on any atom is -0.348 e. The molecule has 0 spiro atoms. The van der Waals surface area contributed by atoms with Gasteiger partial charge in [0.25, 0.3) is 17.7 Å². The number of fused-ring (bicyclic) bond motifs is 3. The van der Waals surface area contributed by atoms with Crippen LogP contribution in [-0.2, 0) is 45.1 Å². The van der Waals surface area contributed by atoms with E-state index in [0.717, 1.165) is 226 Å². The quantitative estimate of drug-likeness (QED) is 0.0811. The van der Waals surface area contributed by atoms with Gasteiger partial charge in [0.15, 0.2) is 17.1 Å². The van der Waals surface area contributed by atoms with E-state index in [-0.39, 0.29) is 29.6 Å². The molecule has 6 aliphatic rings. The predicted octanol–water partition coefficient (Wildman–Crippen LogP) is 20.6. The van der Waals surface area contributed by atoms with E-state index < -0.39 is 0 Å². The highest BCUT2D eigenvalue weighted by Gasteiger charge is 2.36. The van der Waals surface area contributed by atoms with Crippen LogP contribution in [0.3, 0.4) is 0 Å². The van der Waals surface area contributed by atoms with Crippen LogP contribution < -0.4 is 16.2 Å². The van der Waals surface area contributed by atoms with Crippen molar-refractivity contribution in [1.82, 2.24) is 55.5 Å². The molecule has 1 saturated carbocycles. The summed E-state index contributed by atoms with van der Waals surface area (Å²) in [5.41, 5.74) is 20.6. The SMILES string of the molecule is O=C(NC1CCC1)c1nn(Cc2ccc(Cl)cc2)c2c1CCCCC2Cc1cccc(Cl)c1.O=C(NN1CCCCC1)c1nn(-c2ccc(Cl)cc2Cl)c2c1CCCCC2Cc1ccc(Cl)cc1.O=C(NN1CCCCC1)c1nn(-c2ccc(Cl)cc2Cl)c2c1CCCCC2Cc1cccc(Cl)c1. The summed E-state index contributed by atoms with van der Waals surface area (Å²) in [6.45, 7) is 4.11.